The first-order chi connectivity index (χ1) is 10.2. The minimum absolute atomic E-state index is 0.126. The van der Waals surface area contributed by atoms with Gasteiger partial charge in [-0.25, -0.2) is 0 Å². The Bertz CT molecular complexity index is 443. The number of hydrogen-bond acceptors (Lipinski definition) is 3. The van der Waals surface area contributed by atoms with Gasteiger partial charge >= 0.3 is 0 Å². The number of benzene rings is 1. The first-order valence-electron chi connectivity index (χ1n) is 8.28. The summed E-state index contributed by atoms with van der Waals surface area (Å²) >= 11 is 0. The van der Waals surface area contributed by atoms with Gasteiger partial charge in [-0.1, -0.05) is 32.0 Å². The van der Waals surface area contributed by atoms with Crippen LogP contribution in [0.15, 0.2) is 24.3 Å². The normalized spacial score (nSPS) is 20.2. The largest absolute Gasteiger partial charge is 0.496 e. The second-order valence-electron chi connectivity index (χ2n) is 6.14. The Morgan fingerprint density at radius 2 is 1.90 bits per heavy atom. The monoisotopic (exact) mass is 290 g/mol. The zero-order valence-corrected chi connectivity index (χ0v) is 14.0. The van der Waals surface area contributed by atoms with Crippen LogP contribution >= 0.6 is 0 Å². The molecule has 0 saturated carbocycles. The topological polar surface area (TPSA) is 24.5 Å². The predicted molar refractivity (Wildman–Crippen MR) is 88.9 cm³/mol. The lowest BCUT2D eigenvalue weighted by atomic mass is 9.82. The molecule has 2 atom stereocenters. The molecule has 2 rings (SSSR count). The van der Waals surface area contributed by atoms with Crippen molar-refractivity contribution < 1.29 is 4.74 Å². The van der Waals surface area contributed by atoms with Crippen LogP contribution in [-0.2, 0) is 0 Å². The molecule has 0 aliphatic carbocycles. The van der Waals surface area contributed by atoms with Crippen LogP contribution in [0.5, 0.6) is 5.75 Å². The van der Waals surface area contributed by atoms with Gasteiger partial charge in [0.1, 0.15) is 5.75 Å². The van der Waals surface area contributed by atoms with E-state index in [9.17, 15) is 0 Å². The molecule has 1 aromatic carbocycles. The zero-order valence-electron chi connectivity index (χ0n) is 14.0. The zero-order chi connectivity index (χ0) is 15.3. The minimum Gasteiger partial charge on any atom is -0.496 e. The lowest BCUT2D eigenvalue weighted by molar-refractivity contribution is 0.0835. The van der Waals surface area contributed by atoms with Crippen LogP contribution in [0, 0.1) is 0 Å². The van der Waals surface area contributed by atoms with Crippen molar-refractivity contribution in [2.75, 3.05) is 26.7 Å². The number of methoxy groups -OCH3 is 1. The molecule has 1 aliphatic rings. The van der Waals surface area contributed by atoms with E-state index in [4.69, 9.17) is 4.74 Å². The molecule has 0 radical (unpaired) electrons. The second kappa shape index (κ2) is 7.28. The van der Waals surface area contributed by atoms with Crippen molar-refractivity contribution in [2.24, 2.45) is 0 Å². The number of likely N-dealkylation sites (tertiary alicyclic amines) is 1. The van der Waals surface area contributed by atoms with Crippen LogP contribution in [0.1, 0.15) is 51.6 Å². The fourth-order valence-corrected chi connectivity index (χ4v) is 3.61. The highest BCUT2D eigenvalue weighted by Gasteiger charge is 2.40. The van der Waals surface area contributed by atoms with Gasteiger partial charge in [0, 0.05) is 11.1 Å². The van der Waals surface area contributed by atoms with Crippen molar-refractivity contribution in [3.8, 4) is 5.75 Å². The molecule has 1 aromatic rings. The van der Waals surface area contributed by atoms with Gasteiger partial charge in [-0.05, 0) is 51.9 Å². The minimum atomic E-state index is 0.126. The summed E-state index contributed by atoms with van der Waals surface area (Å²) in [7, 11) is 1.76. The number of para-hydroxylation sites is 1. The molecule has 0 amide bonds. The van der Waals surface area contributed by atoms with Crippen molar-refractivity contribution in [1.29, 1.82) is 0 Å². The van der Waals surface area contributed by atoms with Gasteiger partial charge in [-0.3, -0.25) is 4.90 Å². The molecule has 1 heterocycles. The summed E-state index contributed by atoms with van der Waals surface area (Å²) in [5.74, 6) is 0.988. The van der Waals surface area contributed by atoms with E-state index in [1.54, 1.807) is 7.11 Å². The molecule has 3 nitrogen and oxygen atoms in total. The standard InChI is InChI=1S/C18H30N2O/c1-5-18(3,20-13-9-10-14-20)17(19-6-2)15-11-7-8-12-16(15)21-4/h7-8,11-12,17,19H,5-6,9-10,13-14H2,1-4H3. The number of likely N-dealkylation sites (N-methyl/N-ethyl adjacent to an activating group) is 1. The lowest BCUT2D eigenvalue weighted by Gasteiger charge is -2.45. The van der Waals surface area contributed by atoms with Gasteiger partial charge in [0.15, 0.2) is 0 Å². The highest BCUT2D eigenvalue weighted by Crippen LogP contribution is 2.39. The van der Waals surface area contributed by atoms with E-state index in [1.807, 2.05) is 6.07 Å². The summed E-state index contributed by atoms with van der Waals surface area (Å²) in [5, 5.41) is 3.72. The van der Waals surface area contributed by atoms with Gasteiger partial charge in [-0.15, -0.1) is 0 Å². The maximum Gasteiger partial charge on any atom is 0.123 e. The lowest BCUT2D eigenvalue weighted by Crippen LogP contribution is -2.53. The predicted octanol–water partition coefficient (Wildman–Crippen LogP) is 3.61. The SMILES string of the molecule is CCNC(c1ccccc1OC)C(C)(CC)N1CCCC1. The third-order valence-electron chi connectivity index (χ3n) is 5.02. The van der Waals surface area contributed by atoms with Crippen LogP contribution in [-0.4, -0.2) is 37.2 Å². The van der Waals surface area contributed by atoms with Crippen molar-refractivity contribution >= 4 is 0 Å². The van der Waals surface area contributed by atoms with Gasteiger partial charge in [-0.2, -0.15) is 0 Å². The average Bonchev–Trinajstić information content (AvgIpc) is 3.07. The number of hydrogen-bond donors (Lipinski definition) is 1. The van der Waals surface area contributed by atoms with E-state index in [0.29, 0.717) is 6.04 Å². The molecule has 21 heavy (non-hydrogen) atoms. The maximum atomic E-state index is 5.62. The smallest absolute Gasteiger partial charge is 0.123 e. The Labute approximate surface area is 129 Å². The molecule has 0 aromatic heterocycles. The highest BCUT2D eigenvalue weighted by atomic mass is 16.5. The van der Waals surface area contributed by atoms with Gasteiger partial charge in [0.25, 0.3) is 0 Å². The van der Waals surface area contributed by atoms with Gasteiger partial charge < -0.3 is 10.1 Å². The summed E-state index contributed by atoms with van der Waals surface area (Å²) in [6.45, 7) is 10.3. The maximum absolute atomic E-state index is 5.62. The fourth-order valence-electron chi connectivity index (χ4n) is 3.61. The summed E-state index contributed by atoms with van der Waals surface area (Å²) < 4.78 is 5.62. The Balaban J connectivity index is 2.40. The molecule has 1 aliphatic heterocycles. The van der Waals surface area contributed by atoms with E-state index >= 15 is 0 Å². The average molecular weight is 290 g/mol. The summed E-state index contributed by atoms with van der Waals surface area (Å²) in [4.78, 5) is 2.66. The third kappa shape index (κ3) is 3.24. The van der Waals surface area contributed by atoms with Crippen LogP contribution in [0.3, 0.4) is 0 Å². The second-order valence-corrected chi connectivity index (χ2v) is 6.14. The highest BCUT2D eigenvalue weighted by molar-refractivity contribution is 5.38. The van der Waals surface area contributed by atoms with Crippen molar-refractivity contribution in [3.05, 3.63) is 29.8 Å². The van der Waals surface area contributed by atoms with Gasteiger partial charge in [0.05, 0.1) is 13.2 Å². The Morgan fingerprint density at radius 1 is 1.24 bits per heavy atom. The van der Waals surface area contributed by atoms with Crippen LogP contribution in [0.4, 0.5) is 0 Å². The van der Waals surface area contributed by atoms with Crippen molar-refractivity contribution in [2.45, 2.75) is 51.6 Å². The number of nitrogens with zero attached hydrogens (tertiary/aromatic N) is 1. The molecule has 118 valence electrons. The molecular weight excluding hydrogens is 260 g/mol. The Kier molecular flexibility index (Phi) is 5.65. The summed E-state index contributed by atoms with van der Waals surface area (Å²) in [5.41, 5.74) is 1.40. The van der Waals surface area contributed by atoms with Crippen LogP contribution in [0.25, 0.3) is 0 Å². The fraction of sp³-hybridized carbons (Fsp3) is 0.667. The van der Waals surface area contributed by atoms with E-state index < -0.39 is 0 Å². The third-order valence-corrected chi connectivity index (χ3v) is 5.02. The Hall–Kier alpha value is -1.06. The van der Waals surface area contributed by atoms with Crippen LogP contribution in [0.2, 0.25) is 0 Å². The van der Waals surface area contributed by atoms with Crippen LogP contribution < -0.4 is 10.1 Å². The Morgan fingerprint density at radius 3 is 2.48 bits per heavy atom. The number of nitrogens with one attached hydrogen (secondary N) is 1. The molecule has 1 saturated heterocycles. The number of rotatable bonds is 7. The van der Waals surface area contributed by atoms with E-state index in [1.165, 1.54) is 31.5 Å². The number of ether oxygens (including phenoxy) is 1. The molecule has 0 bridgehead atoms. The van der Waals surface area contributed by atoms with Crippen molar-refractivity contribution in [3.63, 3.8) is 0 Å². The van der Waals surface area contributed by atoms with E-state index in [-0.39, 0.29) is 5.54 Å². The molecule has 0 spiro atoms. The molecule has 1 N–H and O–H groups in total. The molecule has 1 fully saturated rings. The molecular formula is C18H30N2O. The van der Waals surface area contributed by atoms with Gasteiger partial charge in [0.2, 0.25) is 0 Å². The van der Waals surface area contributed by atoms with E-state index in [2.05, 4.69) is 49.2 Å². The summed E-state index contributed by atoms with van der Waals surface area (Å²) in [6.07, 6.45) is 3.77. The van der Waals surface area contributed by atoms with E-state index in [0.717, 1.165) is 18.7 Å². The van der Waals surface area contributed by atoms with Crippen molar-refractivity contribution in [1.82, 2.24) is 10.2 Å². The first kappa shape index (κ1) is 16.3. The first-order valence-corrected chi connectivity index (χ1v) is 8.28. The molecule has 3 heteroatoms. The molecule has 2 unspecified atom stereocenters. The summed E-state index contributed by atoms with van der Waals surface area (Å²) in [6, 6.07) is 8.73. The quantitative estimate of drug-likeness (QED) is 0.830.